The number of ether oxygens (including phenoxy) is 2. The highest BCUT2D eigenvalue weighted by Crippen LogP contribution is 2.22. The van der Waals surface area contributed by atoms with Gasteiger partial charge in [0, 0.05) is 0 Å². The fourth-order valence-electron chi connectivity index (χ4n) is 2.20. The summed E-state index contributed by atoms with van der Waals surface area (Å²) < 4.78 is 8.70. The number of methoxy groups -OCH3 is 2. The van der Waals surface area contributed by atoms with Crippen molar-refractivity contribution >= 4 is 29.7 Å². The maximum Gasteiger partial charge on any atom is 0.357 e. The zero-order chi connectivity index (χ0) is 19.4. The van der Waals surface area contributed by atoms with Gasteiger partial charge in [0.2, 0.25) is 0 Å². The van der Waals surface area contributed by atoms with E-state index < -0.39 is 41.9 Å². The molecule has 1 aromatic carbocycles. The highest BCUT2D eigenvalue weighted by atomic mass is 16.6. The second-order valence-corrected chi connectivity index (χ2v) is 4.99. The molecule has 10 heteroatoms. The van der Waals surface area contributed by atoms with Gasteiger partial charge in [0.05, 0.1) is 31.4 Å². The Labute approximate surface area is 147 Å². The van der Waals surface area contributed by atoms with E-state index in [1.807, 2.05) is 0 Å². The highest BCUT2D eigenvalue weighted by Gasteiger charge is 2.38. The van der Waals surface area contributed by atoms with Gasteiger partial charge in [-0.05, 0) is 12.1 Å². The predicted molar refractivity (Wildman–Crippen MR) is 82.6 cm³/mol. The van der Waals surface area contributed by atoms with Crippen LogP contribution in [0.4, 0.5) is 0 Å². The number of amides is 3. The van der Waals surface area contributed by atoms with Crippen LogP contribution in [0, 0.1) is 0 Å². The molecule has 3 amide bonds. The number of nitrogens with zero attached hydrogens (tertiary/aromatic N) is 2. The van der Waals surface area contributed by atoms with Crippen LogP contribution < -0.4 is 0 Å². The van der Waals surface area contributed by atoms with E-state index in [1.54, 1.807) is 12.1 Å². The first-order chi connectivity index (χ1) is 12.3. The Morgan fingerprint density at radius 2 is 1.62 bits per heavy atom. The van der Waals surface area contributed by atoms with Crippen LogP contribution in [0.1, 0.15) is 20.7 Å². The SMILES string of the molecule is COC(=O)/C=C(\C(=O)OC)N(O)C(=O)CN1C(=O)c2ccccc2C1=O. The van der Waals surface area contributed by atoms with Gasteiger partial charge in [-0.25, -0.2) is 9.59 Å². The molecule has 1 heterocycles. The van der Waals surface area contributed by atoms with Crippen LogP contribution >= 0.6 is 0 Å². The van der Waals surface area contributed by atoms with Gasteiger partial charge in [0.15, 0.2) is 5.70 Å². The second-order valence-electron chi connectivity index (χ2n) is 4.99. The van der Waals surface area contributed by atoms with Crippen LogP contribution in [-0.4, -0.2) is 65.6 Å². The Morgan fingerprint density at radius 1 is 1.08 bits per heavy atom. The summed E-state index contributed by atoms with van der Waals surface area (Å²) in [6, 6.07) is 5.96. The van der Waals surface area contributed by atoms with Gasteiger partial charge in [-0.3, -0.25) is 24.5 Å². The van der Waals surface area contributed by atoms with Crippen molar-refractivity contribution in [3.05, 3.63) is 47.2 Å². The molecular weight excluding hydrogens is 348 g/mol. The lowest BCUT2D eigenvalue weighted by atomic mass is 10.1. The number of rotatable bonds is 5. The normalized spacial score (nSPS) is 13.3. The van der Waals surface area contributed by atoms with Crippen molar-refractivity contribution in [2.45, 2.75) is 0 Å². The molecule has 2 rings (SSSR count). The van der Waals surface area contributed by atoms with Crippen molar-refractivity contribution in [2.75, 3.05) is 20.8 Å². The van der Waals surface area contributed by atoms with Crippen molar-refractivity contribution in [2.24, 2.45) is 0 Å². The minimum absolute atomic E-state index is 0.119. The monoisotopic (exact) mass is 362 g/mol. The van der Waals surface area contributed by atoms with E-state index in [-0.39, 0.29) is 16.2 Å². The summed E-state index contributed by atoms with van der Waals surface area (Å²) in [5.41, 5.74) is -0.595. The maximum atomic E-state index is 12.2. The van der Waals surface area contributed by atoms with Gasteiger partial charge < -0.3 is 9.47 Å². The topological polar surface area (TPSA) is 131 Å². The zero-order valence-corrected chi connectivity index (χ0v) is 13.8. The quantitative estimate of drug-likeness (QED) is 0.249. The molecule has 0 bridgehead atoms. The van der Waals surface area contributed by atoms with Crippen molar-refractivity contribution in [3.63, 3.8) is 0 Å². The minimum Gasteiger partial charge on any atom is -0.466 e. The summed E-state index contributed by atoms with van der Waals surface area (Å²) in [5, 5.41) is 9.76. The molecule has 0 saturated heterocycles. The molecule has 136 valence electrons. The number of imide groups is 1. The molecular formula is C16H14N2O8. The van der Waals surface area contributed by atoms with Crippen molar-refractivity contribution in [3.8, 4) is 0 Å². The van der Waals surface area contributed by atoms with Crippen molar-refractivity contribution in [1.29, 1.82) is 0 Å². The van der Waals surface area contributed by atoms with E-state index in [2.05, 4.69) is 9.47 Å². The van der Waals surface area contributed by atoms with Crippen LogP contribution in [-0.2, 0) is 23.9 Å². The van der Waals surface area contributed by atoms with E-state index in [1.165, 1.54) is 12.1 Å². The molecule has 1 aromatic rings. The van der Waals surface area contributed by atoms with Crippen molar-refractivity contribution in [1.82, 2.24) is 9.96 Å². The summed E-state index contributed by atoms with van der Waals surface area (Å²) in [5.74, 6) is -4.88. The molecule has 1 aliphatic heterocycles. The number of esters is 2. The van der Waals surface area contributed by atoms with Crippen LogP contribution in [0.15, 0.2) is 36.0 Å². The van der Waals surface area contributed by atoms with Crippen LogP contribution in [0.2, 0.25) is 0 Å². The highest BCUT2D eigenvalue weighted by molar-refractivity contribution is 6.22. The molecule has 0 spiro atoms. The van der Waals surface area contributed by atoms with E-state index in [0.717, 1.165) is 14.2 Å². The molecule has 0 atom stereocenters. The maximum absolute atomic E-state index is 12.2. The number of hydroxylamine groups is 2. The molecule has 1 N–H and O–H groups in total. The smallest absolute Gasteiger partial charge is 0.357 e. The lowest BCUT2D eigenvalue weighted by Crippen LogP contribution is -2.42. The van der Waals surface area contributed by atoms with Gasteiger partial charge in [0.1, 0.15) is 6.54 Å². The minimum atomic E-state index is -1.21. The number of carbonyl (C=O) groups excluding carboxylic acids is 5. The largest absolute Gasteiger partial charge is 0.466 e. The third-order valence-corrected chi connectivity index (χ3v) is 3.49. The average molecular weight is 362 g/mol. The number of fused-ring (bicyclic) bond motifs is 1. The summed E-state index contributed by atoms with van der Waals surface area (Å²) in [4.78, 5) is 60.2. The summed E-state index contributed by atoms with van der Waals surface area (Å²) in [6.07, 6.45) is 0.534. The van der Waals surface area contributed by atoms with Gasteiger partial charge in [0.25, 0.3) is 17.7 Å². The Bertz CT molecular complexity index is 794. The standard InChI is InChI=1S/C16H14N2O8/c1-25-13(20)7-11(16(23)26-2)18(24)12(19)8-17-14(21)9-5-3-4-6-10(9)15(17)22/h3-7,24H,8H2,1-2H3/b11-7+. The van der Waals surface area contributed by atoms with E-state index in [0.29, 0.717) is 11.0 Å². The van der Waals surface area contributed by atoms with Gasteiger partial charge in [-0.1, -0.05) is 12.1 Å². The average Bonchev–Trinajstić information content (AvgIpc) is 2.89. The fraction of sp³-hybridized carbons (Fsp3) is 0.188. The van der Waals surface area contributed by atoms with Crippen LogP contribution in [0.25, 0.3) is 0 Å². The first-order valence-corrected chi connectivity index (χ1v) is 7.16. The molecule has 0 radical (unpaired) electrons. The molecule has 26 heavy (non-hydrogen) atoms. The summed E-state index contributed by atoms with van der Waals surface area (Å²) in [7, 11) is 1.99. The predicted octanol–water partition coefficient (Wildman–Crippen LogP) is -0.270. The molecule has 0 saturated carbocycles. The van der Waals surface area contributed by atoms with Gasteiger partial charge >= 0.3 is 11.9 Å². The van der Waals surface area contributed by atoms with E-state index in [4.69, 9.17) is 0 Å². The van der Waals surface area contributed by atoms with Gasteiger partial charge in [-0.15, -0.1) is 0 Å². The Morgan fingerprint density at radius 3 is 2.08 bits per heavy atom. The lowest BCUT2D eigenvalue weighted by molar-refractivity contribution is -0.165. The van der Waals surface area contributed by atoms with Crippen LogP contribution in [0.3, 0.4) is 0 Å². The summed E-state index contributed by atoms with van der Waals surface area (Å²) in [6.45, 7) is -0.849. The second kappa shape index (κ2) is 7.57. The molecule has 0 aliphatic carbocycles. The third kappa shape index (κ3) is 3.44. The fourth-order valence-corrected chi connectivity index (χ4v) is 2.20. The number of benzene rings is 1. The Balaban J connectivity index is 2.22. The molecule has 0 fully saturated rings. The van der Waals surface area contributed by atoms with Crippen molar-refractivity contribution < 1.29 is 38.7 Å². The molecule has 0 aromatic heterocycles. The molecule has 0 unspecified atom stereocenters. The Hall–Kier alpha value is -3.53. The molecule has 10 nitrogen and oxygen atoms in total. The Kier molecular flexibility index (Phi) is 5.48. The molecule has 1 aliphatic rings. The van der Waals surface area contributed by atoms with Gasteiger partial charge in [-0.2, -0.15) is 5.06 Å². The first kappa shape index (κ1) is 18.8. The zero-order valence-electron chi connectivity index (χ0n) is 13.8. The van der Waals surface area contributed by atoms with E-state index in [9.17, 15) is 29.2 Å². The lowest BCUT2D eigenvalue weighted by Gasteiger charge is -2.19. The number of carbonyl (C=O) groups is 5. The number of hydrogen-bond donors (Lipinski definition) is 1. The van der Waals surface area contributed by atoms with E-state index >= 15 is 0 Å². The third-order valence-electron chi connectivity index (χ3n) is 3.49. The summed E-state index contributed by atoms with van der Waals surface area (Å²) >= 11 is 0. The first-order valence-electron chi connectivity index (χ1n) is 7.16. The van der Waals surface area contributed by atoms with Crippen LogP contribution in [0.5, 0.6) is 0 Å². The number of hydrogen-bond acceptors (Lipinski definition) is 8.